The lowest BCUT2D eigenvalue weighted by Crippen LogP contribution is -2.46. The number of fused-ring (bicyclic) bond motifs is 1. The van der Waals surface area contributed by atoms with Crippen LogP contribution < -0.4 is 9.47 Å². The normalized spacial score (nSPS) is 15.9. The van der Waals surface area contributed by atoms with Gasteiger partial charge in [-0.15, -0.1) is 0 Å². The summed E-state index contributed by atoms with van der Waals surface area (Å²) in [6.07, 6.45) is 0.993. The third-order valence-corrected chi connectivity index (χ3v) is 7.01. The molecule has 0 aromatic heterocycles. The zero-order valence-corrected chi connectivity index (χ0v) is 26.9. The average Bonchev–Trinajstić information content (AvgIpc) is 3.00. The molecule has 0 aliphatic carbocycles. The quantitative estimate of drug-likeness (QED) is 0.125. The molecule has 0 saturated heterocycles. The Morgan fingerprint density at radius 3 is 1.61 bits per heavy atom. The third-order valence-electron chi connectivity index (χ3n) is 7.01. The number of carboxylic acids is 1. The van der Waals surface area contributed by atoms with Crippen molar-refractivity contribution < 1.29 is 62.1 Å². The van der Waals surface area contributed by atoms with Gasteiger partial charge in [-0.1, -0.05) is 0 Å². The van der Waals surface area contributed by atoms with Crippen molar-refractivity contribution >= 4 is 11.9 Å². The molecule has 0 fully saturated rings. The lowest BCUT2D eigenvalue weighted by atomic mass is 9.87. The van der Waals surface area contributed by atoms with Crippen molar-refractivity contribution in [2.24, 2.45) is 0 Å². The fourth-order valence-electron chi connectivity index (χ4n) is 4.42. The summed E-state index contributed by atoms with van der Waals surface area (Å²) in [5.74, 6) is -0.327. The number of hydrogen-bond acceptors (Lipinski definition) is 12. The topological polar surface area (TPSA) is 147 Å². The van der Waals surface area contributed by atoms with Gasteiger partial charge in [-0.25, -0.2) is 9.59 Å². The number of carboxylic acid groups (broad SMARTS) is 1. The number of methoxy groups -OCH3 is 1. The van der Waals surface area contributed by atoms with E-state index in [0.717, 1.165) is 22.3 Å². The third kappa shape index (κ3) is 13.2. The zero-order chi connectivity index (χ0) is 32.2. The smallest absolute Gasteiger partial charge is 0.350 e. The highest BCUT2D eigenvalue weighted by Crippen LogP contribution is 2.44. The molecule has 1 heterocycles. The largest absolute Gasteiger partial charge is 0.481 e. The van der Waals surface area contributed by atoms with Crippen LogP contribution in [0.1, 0.15) is 35.6 Å². The molecule has 1 aliphatic rings. The molecule has 252 valence electrons. The Kier molecular flexibility index (Phi) is 18.2. The maximum atomic E-state index is 12.9. The van der Waals surface area contributed by atoms with Crippen molar-refractivity contribution in [3.63, 3.8) is 0 Å². The van der Waals surface area contributed by atoms with Gasteiger partial charge >= 0.3 is 11.9 Å². The molecule has 13 heteroatoms. The summed E-state index contributed by atoms with van der Waals surface area (Å²) in [6, 6.07) is 0. The molecular weight excluding hydrogens is 580 g/mol. The first-order valence-corrected chi connectivity index (χ1v) is 15.0. The highest BCUT2D eigenvalue weighted by atomic mass is 16.6. The van der Waals surface area contributed by atoms with Crippen LogP contribution in [-0.2, 0) is 53.9 Å². The van der Waals surface area contributed by atoms with Crippen molar-refractivity contribution in [1.29, 1.82) is 0 Å². The van der Waals surface area contributed by atoms with Gasteiger partial charge in [0.2, 0.25) is 5.60 Å². The van der Waals surface area contributed by atoms with Gasteiger partial charge in [0, 0.05) is 19.1 Å². The van der Waals surface area contributed by atoms with Crippen LogP contribution in [0.5, 0.6) is 11.5 Å². The Labute approximate surface area is 260 Å². The number of rotatable bonds is 25. The Hall–Kier alpha value is -2.52. The summed E-state index contributed by atoms with van der Waals surface area (Å²) in [7, 11) is 1.63. The number of hydrogen-bond donors (Lipinski definition) is 1. The molecule has 1 N–H and O–H groups in total. The lowest BCUT2D eigenvalue weighted by Gasteiger charge is -2.36. The maximum Gasteiger partial charge on any atom is 0.350 e. The molecule has 0 saturated carbocycles. The Morgan fingerprint density at radius 1 is 0.705 bits per heavy atom. The molecular formula is C31H50O13. The Morgan fingerprint density at radius 2 is 1.16 bits per heavy atom. The number of aliphatic carboxylic acids is 1. The van der Waals surface area contributed by atoms with Gasteiger partial charge in [0.25, 0.3) is 0 Å². The van der Waals surface area contributed by atoms with Gasteiger partial charge in [-0.3, -0.25) is 0 Å². The molecule has 0 radical (unpaired) electrons. The fraction of sp³-hybridized carbons (Fsp3) is 0.742. The number of carbonyl (C=O) groups excluding carboxylic acids is 1. The number of benzene rings is 1. The first kappa shape index (κ1) is 37.7. The standard InChI is InChI=1S/C31H50O13/c1-23-24(2)29-26(25(3)28(23)43-22-27(32)33)6-7-31(4,44-29)30(34)42-21-20-41-19-18-40-17-16-39-15-14-38-13-12-37-11-10-36-9-8-35-5/h6-22H2,1-5H3,(H,32,33). The minimum atomic E-state index is -1.14. The van der Waals surface area contributed by atoms with Gasteiger partial charge in [0.1, 0.15) is 18.1 Å². The molecule has 1 aromatic carbocycles. The SMILES string of the molecule is COCCOCCOCCOCCOCCOCCOCCOC(=O)C1(C)CCc2c(C)c(OCC(=O)O)c(C)c(C)c2O1. The number of ether oxygens (including phenoxy) is 10. The second kappa shape index (κ2) is 21.3. The van der Waals surface area contributed by atoms with E-state index in [-0.39, 0.29) is 13.2 Å². The second-order valence-corrected chi connectivity index (χ2v) is 10.3. The van der Waals surface area contributed by atoms with Crippen molar-refractivity contribution in [2.75, 3.05) is 106 Å². The van der Waals surface area contributed by atoms with Crippen LogP contribution in [0, 0.1) is 20.8 Å². The van der Waals surface area contributed by atoms with E-state index in [9.17, 15) is 9.59 Å². The average molecular weight is 631 g/mol. The van der Waals surface area contributed by atoms with E-state index >= 15 is 0 Å². The van der Waals surface area contributed by atoms with Crippen LogP contribution in [0.2, 0.25) is 0 Å². The molecule has 2 rings (SSSR count). The van der Waals surface area contributed by atoms with Crippen molar-refractivity contribution in [1.82, 2.24) is 0 Å². The minimum Gasteiger partial charge on any atom is -0.481 e. The van der Waals surface area contributed by atoms with Crippen molar-refractivity contribution in [2.45, 2.75) is 46.1 Å². The Balaban J connectivity index is 1.50. The van der Waals surface area contributed by atoms with Gasteiger partial charge in [0.05, 0.1) is 85.9 Å². The predicted octanol–water partition coefficient (Wildman–Crippen LogP) is 2.45. The van der Waals surface area contributed by atoms with Crippen LogP contribution in [-0.4, -0.2) is 129 Å². The van der Waals surface area contributed by atoms with Gasteiger partial charge in [0.15, 0.2) is 6.61 Å². The van der Waals surface area contributed by atoms with E-state index in [1.165, 1.54) is 0 Å². The number of carbonyl (C=O) groups is 2. The van der Waals surface area contributed by atoms with Crippen molar-refractivity contribution in [3.05, 3.63) is 22.3 Å². The molecule has 0 bridgehead atoms. The molecule has 1 aromatic rings. The summed E-state index contributed by atoms with van der Waals surface area (Å²) in [5, 5.41) is 9.00. The van der Waals surface area contributed by atoms with E-state index in [1.54, 1.807) is 14.0 Å². The monoisotopic (exact) mass is 630 g/mol. The van der Waals surface area contributed by atoms with E-state index < -0.39 is 24.1 Å². The van der Waals surface area contributed by atoms with Gasteiger partial charge in [-0.05, 0) is 50.8 Å². The molecule has 0 amide bonds. The molecule has 1 unspecified atom stereocenters. The summed E-state index contributed by atoms with van der Waals surface area (Å²) in [5.41, 5.74) is 2.19. The van der Waals surface area contributed by atoms with Crippen molar-refractivity contribution in [3.8, 4) is 11.5 Å². The highest BCUT2D eigenvalue weighted by Gasteiger charge is 2.42. The van der Waals surface area contributed by atoms with Gasteiger partial charge < -0.3 is 52.5 Å². The Bertz CT molecular complexity index is 1000. The second-order valence-electron chi connectivity index (χ2n) is 10.3. The summed E-state index contributed by atoms with van der Waals surface area (Å²) in [6.45, 7) is 13.0. The van der Waals surface area contributed by atoms with Crippen LogP contribution in [0.25, 0.3) is 0 Å². The molecule has 44 heavy (non-hydrogen) atoms. The molecule has 1 atom stereocenters. The van der Waals surface area contributed by atoms with Crippen LogP contribution in [0.4, 0.5) is 0 Å². The lowest BCUT2D eigenvalue weighted by molar-refractivity contribution is -0.164. The maximum absolute atomic E-state index is 12.9. The van der Waals surface area contributed by atoms with Crippen LogP contribution in [0.3, 0.4) is 0 Å². The molecule has 13 nitrogen and oxygen atoms in total. The van der Waals surface area contributed by atoms with Crippen LogP contribution in [0.15, 0.2) is 0 Å². The minimum absolute atomic E-state index is 0.0972. The van der Waals surface area contributed by atoms with E-state index in [0.29, 0.717) is 104 Å². The molecule has 0 spiro atoms. The van der Waals surface area contributed by atoms with Gasteiger partial charge in [-0.2, -0.15) is 0 Å². The van der Waals surface area contributed by atoms with E-state index in [1.807, 2.05) is 20.8 Å². The number of esters is 1. The fourth-order valence-corrected chi connectivity index (χ4v) is 4.42. The van der Waals surface area contributed by atoms with E-state index in [2.05, 4.69) is 0 Å². The van der Waals surface area contributed by atoms with Crippen LogP contribution >= 0.6 is 0 Å². The summed E-state index contributed by atoms with van der Waals surface area (Å²) < 4.78 is 54.7. The first-order chi connectivity index (χ1) is 21.2. The summed E-state index contributed by atoms with van der Waals surface area (Å²) in [4.78, 5) is 23.9. The summed E-state index contributed by atoms with van der Waals surface area (Å²) >= 11 is 0. The van der Waals surface area contributed by atoms with E-state index in [4.69, 9.17) is 52.5 Å². The highest BCUT2D eigenvalue weighted by molar-refractivity contribution is 5.80. The first-order valence-electron chi connectivity index (χ1n) is 15.0. The predicted molar refractivity (Wildman–Crippen MR) is 159 cm³/mol. The molecule has 1 aliphatic heterocycles. The zero-order valence-electron chi connectivity index (χ0n) is 26.9.